The van der Waals surface area contributed by atoms with Crippen LogP contribution < -0.4 is 5.32 Å². The molecule has 2 heterocycles. The molecule has 0 spiro atoms. The number of carboxylic acids is 1. The van der Waals surface area contributed by atoms with Gasteiger partial charge in [-0.15, -0.1) is 0 Å². The van der Waals surface area contributed by atoms with Gasteiger partial charge in [-0.1, -0.05) is 6.92 Å². The average Bonchev–Trinajstić information content (AvgIpc) is 2.92. The van der Waals surface area contributed by atoms with Crippen LogP contribution in [0.4, 0.5) is 10.1 Å². The Kier molecular flexibility index (Phi) is 3.76. The second-order valence-corrected chi connectivity index (χ2v) is 6.49. The molecular formula is C20H16FNO4. The second-order valence-electron chi connectivity index (χ2n) is 6.49. The van der Waals surface area contributed by atoms with E-state index in [2.05, 4.69) is 5.32 Å². The zero-order valence-corrected chi connectivity index (χ0v) is 14.0. The van der Waals surface area contributed by atoms with Crippen LogP contribution >= 0.6 is 0 Å². The quantitative estimate of drug-likeness (QED) is 0.705. The summed E-state index contributed by atoms with van der Waals surface area (Å²) in [6, 6.07) is 8.68. The molecule has 0 fully saturated rings. The van der Waals surface area contributed by atoms with E-state index in [4.69, 9.17) is 4.42 Å². The number of carboxylic acid groups (broad SMARTS) is 1. The maximum Gasteiger partial charge on any atom is 0.340 e. The number of hydrogen-bond acceptors (Lipinski definition) is 4. The first-order chi connectivity index (χ1) is 12.5. The Bertz CT molecular complexity index is 1040. The van der Waals surface area contributed by atoms with Crippen LogP contribution in [0.1, 0.15) is 34.1 Å². The van der Waals surface area contributed by atoms with E-state index in [0.717, 1.165) is 0 Å². The molecule has 26 heavy (non-hydrogen) atoms. The van der Waals surface area contributed by atoms with Gasteiger partial charge in [-0.2, -0.15) is 0 Å². The number of carbonyl (C=O) groups excluding carboxylic acids is 1. The summed E-state index contributed by atoms with van der Waals surface area (Å²) in [5.41, 5.74) is 1.91. The predicted octanol–water partition coefficient (Wildman–Crippen LogP) is 4.57. The molecule has 1 unspecified atom stereocenters. The molecule has 1 aliphatic rings. The standard InChI is InChI=1S/C20H16FNO4/c1-10-6-7-22-15-9-16-14(8-13(15)18(10)23)17(20(24)25)19(26-16)11-2-4-12(21)5-3-11/h2-5,8-10,22H,6-7H2,1H3,(H,24,25). The van der Waals surface area contributed by atoms with E-state index in [-0.39, 0.29) is 23.0 Å². The van der Waals surface area contributed by atoms with Crippen molar-refractivity contribution in [3.05, 3.63) is 53.3 Å². The Morgan fingerprint density at radius 3 is 2.69 bits per heavy atom. The smallest absolute Gasteiger partial charge is 0.340 e. The van der Waals surface area contributed by atoms with Gasteiger partial charge in [0.1, 0.15) is 22.7 Å². The van der Waals surface area contributed by atoms with Crippen LogP contribution in [0.3, 0.4) is 0 Å². The third-order valence-corrected chi connectivity index (χ3v) is 4.75. The Morgan fingerprint density at radius 1 is 1.27 bits per heavy atom. The molecule has 3 aromatic rings. The average molecular weight is 353 g/mol. The van der Waals surface area contributed by atoms with Crippen LogP contribution in [-0.4, -0.2) is 23.4 Å². The summed E-state index contributed by atoms with van der Waals surface area (Å²) >= 11 is 0. The number of hydrogen-bond donors (Lipinski definition) is 2. The van der Waals surface area contributed by atoms with E-state index in [1.54, 1.807) is 12.1 Å². The van der Waals surface area contributed by atoms with Gasteiger partial charge in [0.05, 0.1) is 0 Å². The summed E-state index contributed by atoms with van der Waals surface area (Å²) in [6.07, 6.45) is 0.710. The minimum atomic E-state index is -1.16. The lowest BCUT2D eigenvalue weighted by Gasteiger charge is -2.07. The Labute approximate surface area is 148 Å². The van der Waals surface area contributed by atoms with Crippen molar-refractivity contribution in [1.82, 2.24) is 0 Å². The first-order valence-electron chi connectivity index (χ1n) is 8.33. The molecule has 1 atom stereocenters. The molecule has 6 heteroatoms. The highest BCUT2D eigenvalue weighted by Gasteiger charge is 2.27. The van der Waals surface area contributed by atoms with Gasteiger partial charge in [0.15, 0.2) is 5.78 Å². The molecule has 4 rings (SSSR count). The Hall–Kier alpha value is -3.15. The highest BCUT2D eigenvalue weighted by molar-refractivity contribution is 6.13. The minimum absolute atomic E-state index is 0.0206. The first kappa shape index (κ1) is 16.3. The second kappa shape index (κ2) is 5.98. The SMILES string of the molecule is CC1CCNc2cc3oc(-c4ccc(F)cc4)c(C(=O)O)c3cc2C1=O. The fraction of sp³-hybridized carbons (Fsp3) is 0.200. The van der Waals surface area contributed by atoms with Crippen LogP contribution in [-0.2, 0) is 0 Å². The number of aromatic carboxylic acids is 1. The number of carbonyl (C=O) groups is 2. The van der Waals surface area contributed by atoms with Crippen molar-refractivity contribution in [2.45, 2.75) is 13.3 Å². The molecule has 0 saturated heterocycles. The fourth-order valence-electron chi connectivity index (χ4n) is 3.33. The molecule has 5 nitrogen and oxygen atoms in total. The van der Waals surface area contributed by atoms with Crippen LogP contribution in [0.5, 0.6) is 0 Å². The Morgan fingerprint density at radius 2 is 2.00 bits per heavy atom. The van der Waals surface area contributed by atoms with Gasteiger partial charge in [-0.25, -0.2) is 9.18 Å². The third-order valence-electron chi connectivity index (χ3n) is 4.75. The number of nitrogens with one attached hydrogen (secondary N) is 1. The molecule has 0 bridgehead atoms. The number of benzene rings is 2. The van der Waals surface area contributed by atoms with Gasteiger partial charge >= 0.3 is 5.97 Å². The predicted molar refractivity (Wildman–Crippen MR) is 95.2 cm³/mol. The third kappa shape index (κ3) is 2.54. The van der Waals surface area contributed by atoms with Crippen molar-refractivity contribution >= 4 is 28.4 Å². The molecule has 0 aliphatic carbocycles. The highest BCUT2D eigenvalue weighted by atomic mass is 19.1. The van der Waals surface area contributed by atoms with E-state index in [1.807, 2.05) is 6.92 Å². The monoisotopic (exact) mass is 353 g/mol. The molecule has 2 N–H and O–H groups in total. The topological polar surface area (TPSA) is 79.5 Å². The minimum Gasteiger partial charge on any atom is -0.478 e. The summed E-state index contributed by atoms with van der Waals surface area (Å²) in [6.45, 7) is 2.52. The number of Topliss-reactive ketones (excluding diaryl/α,β-unsaturated/α-hetero) is 1. The molecule has 1 aliphatic heterocycles. The van der Waals surface area contributed by atoms with E-state index < -0.39 is 11.8 Å². The fourth-order valence-corrected chi connectivity index (χ4v) is 3.33. The highest BCUT2D eigenvalue weighted by Crippen LogP contribution is 2.38. The first-order valence-corrected chi connectivity index (χ1v) is 8.33. The number of fused-ring (bicyclic) bond motifs is 2. The van der Waals surface area contributed by atoms with Crippen molar-refractivity contribution < 1.29 is 23.5 Å². The van der Waals surface area contributed by atoms with E-state index in [9.17, 15) is 19.1 Å². The van der Waals surface area contributed by atoms with Gasteiger partial charge in [0.25, 0.3) is 0 Å². The van der Waals surface area contributed by atoms with Crippen LogP contribution in [0.25, 0.3) is 22.3 Å². The molecular weight excluding hydrogens is 337 g/mol. The largest absolute Gasteiger partial charge is 0.478 e. The van der Waals surface area contributed by atoms with Crippen molar-refractivity contribution in [2.75, 3.05) is 11.9 Å². The summed E-state index contributed by atoms with van der Waals surface area (Å²) in [4.78, 5) is 24.5. The summed E-state index contributed by atoms with van der Waals surface area (Å²) in [7, 11) is 0. The normalized spacial score (nSPS) is 16.8. The van der Waals surface area contributed by atoms with Crippen molar-refractivity contribution in [3.63, 3.8) is 0 Å². The molecule has 2 aromatic carbocycles. The summed E-state index contributed by atoms with van der Waals surface area (Å²) < 4.78 is 19.0. The molecule has 0 radical (unpaired) electrons. The van der Waals surface area contributed by atoms with E-state index in [0.29, 0.717) is 40.7 Å². The lowest BCUT2D eigenvalue weighted by Crippen LogP contribution is -2.10. The van der Waals surface area contributed by atoms with Crippen LogP contribution in [0, 0.1) is 11.7 Å². The summed E-state index contributed by atoms with van der Waals surface area (Å²) in [5, 5.41) is 13.3. The number of furan rings is 1. The zero-order valence-electron chi connectivity index (χ0n) is 14.0. The van der Waals surface area contributed by atoms with Crippen molar-refractivity contribution in [2.24, 2.45) is 5.92 Å². The van der Waals surface area contributed by atoms with Gasteiger partial charge in [-0.3, -0.25) is 4.79 Å². The van der Waals surface area contributed by atoms with Crippen LogP contribution in [0.2, 0.25) is 0 Å². The number of ketones is 1. The molecule has 0 saturated carbocycles. The molecule has 132 valence electrons. The maximum atomic E-state index is 13.2. The van der Waals surface area contributed by atoms with Gasteiger partial charge in [-0.05, 0) is 36.8 Å². The molecule has 0 amide bonds. The van der Waals surface area contributed by atoms with Gasteiger partial charge in [0.2, 0.25) is 0 Å². The summed E-state index contributed by atoms with van der Waals surface area (Å²) in [5.74, 6) is -1.60. The number of anilines is 1. The van der Waals surface area contributed by atoms with Crippen molar-refractivity contribution in [1.29, 1.82) is 0 Å². The Balaban J connectivity index is 1.98. The lowest BCUT2D eigenvalue weighted by molar-refractivity contribution is 0.0698. The molecule has 1 aromatic heterocycles. The van der Waals surface area contributed by atoms with E-state index >= 15 is 0 Å². The van der Waals surface area contributed by atoms with Gasteiger partial charge < -0.3 is 14.8 Å². The van der Waals surface area contributed by atoms with Crippen molar-refractivity contribution in [3.8, 4) is 11.3 Å². The maximum absolute atomic E-state index is 13.2. The zero-order chi connectivity index (χ0) is 18.4. The van der Waals surface area contributed by atoms with E-state index in [1.165, 1.54) is 24.3 Å². The number of rotatable bonds is 2. The van der Waals surface area contributed by atoms with Gasteiger partial charge in [0, 0.05) is 40.7 Å². The lowest BCUT2D eigenvalue weighted by atomic mass is 9.95. The van der Waals surface area contributed by atoms with Crippen LogP contribution in [0.15, 0.2) is 40.8 Å². The number of halogens is 1.